The van der Waals surface area contributed by atoms with Gasteiger partial charge in [-0.15, -0.1) is 5.11 Å². The molecule has 0 radical (unpaired) electrons. The summed E-state index contributed by atoms with van der Waals surface area (Å²) in [4.78, 5) is 30.8. The molecule has 0 amide bonds. The summed E-state index contributed by atoms with van der Waals surface area (Å²) in [6.07, 6.45) is 0. The number of aromatic carboxylic acids is 1. The highest BCUT2D eigenvalue weighted by molar-refractivity contribution is 5.91. The number of carboxylic acid groups (broad SMARTS) is 1. The first-order valence-electron chi connectivity index (χ1n) is 6.18. The molecule has 0 fully saturated rings. The molecule has 0 aromatic heterocycles. The predicted octanol–water partition coefficient (Wildman–Crippen LogP) is 2.69. The molecular weight excluding hydrogens is 324 g/mol. The summed E-state index contributed by atoms with van der Waals surface area (Å²) < 4.78 is 0. The molecule has 11 heteroatoms. The maximum Gasteiger partial charge on any atom is 0.335 e. The molecule has 0 aliphatic carbocycles. The Morgan fingerprint density at radius 1 is 1.00 bits per heavy atom. The number of nitrogens with zero attached hydrogens (tertiary/aromatic N) is 4. The van der Waals surface area contributed by atoms with Gasteiger partial charge in [-0.2, -0.15) is 5.11 Å². The van der Waals surface area contributed by atoms with Crippen molar-refractivity contribution < 1.29 is 24.9 Å². The van der Waals surface area contributed by atoms with Crippen molar-refractivity contribution in [2.45, 2.75) is 0 Å². The van der Waals surface area contributed by atoms with Crippen LogP contribution < -0.4 is 5.11 Å². The molecule has 0 unspecified atom stereocenters. The van der Waals surface area contributed by atoms with Crippen molar-refractivity contribution in [3.05, 3.63) is 62.2 Å². The van der Waals surface area contributed by atoms with Gasteiger partial charge in [-0.25, -0.2) is 4.79 Å². The Morgan fingerprint density at radius 3 is 2.29 bits per heavy atom. The first-order valence-corrected chi connectivity index (χ1v) is 6.18. The van der Waals surface area contributed by atoms with E-state index in [1.165, 1.54) is 6.07 Å². The standard InChI is InChI=1S/C13H8N4O7/c18-12-4-1-7(5-9(12)13(19)20)14-15-10-3-2-8(16(21)22)6-11(10)17(23)24/h1-6,18H,(H,19,20)/p-1. The van der Waals surface area contributed by atoms with E-state index in [2.05, 4.69) is 10.2 Å². The zero-order valence-electron chi connectivity index (χ0n) is 11.6. The highest BCUT2D eigenvalue weighted by Crippen LogP contribution is 2.32. The van der Waals surface area contributed by atoms with Gasteiger partial charge in [0.05, 0.1) is 27.2 Å². The lowest BCUT2D eigenvalue weighted by molar-refractivity contribution is -0.393. The van der Waals surface area contributed by atoms with Crippen molar-refractivity contribution in [3.63, 3.8) is 0 Å². The van der Waals surface area contributed by atoms with Gasteiger partial charge < -0.3 is 10.2 Å². The minimum absolute atomic E-state index is 0.0142. The maximum absolute atomic E-state index is 11.3. The van der Waals surface area contributed by atoms with Gasteiger partial charge in [-0.1, -0.05) is 11.8 Å². The highest BCUT2D eigenvalue weighted by atomic mass is 16.6. The summed E-state index contributed by atoms with van der Waals surface area (Å²) in [6.45, 7) is 0. The van der Waals surface area contributed by atoms with Crippen molar-refractivity contribution in [1.29, 1.82) is 0 Å². The smallest absolute Gasteiger partial charge is 0.335 e. The first kappa shape index (κ1) is 16.5. The molecule has 0 atom stereocenters. The number of nitro benzene ring substituents is 2. The van der Waals surface area contributed by atoms with E-state index in [-0.39, 0.29) is 11.4 Å². The van der Waals surface area contributed by atoms with Crippen LogP contribution in [0.4, 0.5) is 22.7 Å². The van der Waals surface area contributed by atoms with Crippen molar-refractivity contribution in [3.8, 4) is 5.75 Å². The van der Waals surface area contributed by atoms with Gasteiger partial charge in [0, 0.05) is 6.07 Å². The Balaban J connectivity index is 2.42. The van der Waals surface area contributed by atoms with Crippen molar-refractivity contribution in [2.24, 2.45) is 10.2 Å². The average Bonchev–Trinajstić information content (AvgIpc) is 2.53. The molecule has 0 heterocycles. The van der Waals surface area contributed by atoms with Gasteiger partial charge in [0.2, 0.25) is 0 Å². The molecule has 0 saturated heterocycles. The van der Waals surface area contributed by atoms with Crippen LogP contribution in [-0.4, -0.2) is 20.9 Å². The average molecular weight is 331 g/mol. The summed E-state index contributed by atoms with van der Waals surface area (Å²) in [5.74, 6) is -2.17. The second-order valence-electron chi connectivity index (χ2n) is 4.37. The Kier molecular flexibility index (Phi) is 4.45. The molecule has 11 nitrogen and oxygen atoms in total. The molecule has 2 aromatic carbocycles. The topological polar surface area (TPSA) is 171 Å². The van der Waals surface area contributed by atoms with E-state index >= 15 is 0 Å². The fraction of sp³-hybridized carbons (Fsp3) is 0. The van der Waals surface area contributed by atoms with Gasteiger partial charge in [-0.3, -0.25) is 20.2 Å². The summed E-state index contributed by atoms with van der Waals surface area (Å²) in [5, 5.41) is 49.0. The van der Waals surface area contributed by atoms with Gasteiger partial charge in [0.1, 0.15) is 0 Å². The van der Waals surface area contributed by atoms with E-state index in [0.29, 0.717) is 0 Å². The predicted molar refractivity (Wildman–Crippen MR) is 76.8 cm³/mol. The van der Waals surface area contributed by atoms with Gasteiger partial charge in [-0.05, 0) is 18.2 Å². The van der Waals surface area contributed by atoms with E-state index < -0.39 is 38.5 Å². The van der Waals surface area contributed by atoms with E-state index in [9.17, 15) is 30.1 Å². The molecule has 0 saturated carbocycles. The number of carbonyl (C=O) groups is 1. The summed E-state index contributed by atoms with van der Waals surface area (Å²) in [7, 11) is 0. The Hall–Kier alpha value is -3.89. The van der Waals surface area contributed by atoms with Gasteiger partial charge in [0.25, 0.3) is 5.69 Å². The van der Waals surface area contributed by atoms with Crippen LogP contribution in [0.3, 0.4) is 0 Å². The molecule has 1 N–H and O–H groups in total. The second kappa shape index (κ2) is 6.48. The van der Waals surface area contributed by atoms with Crippen LogP contribution in [0, 0.1) is 20.2 Å². The van der Waals surface area contributed by atoms with Crippen LogP contribution in [0.1, 0.15) is 10.4 Å². The van der Waals surface area contributed by atoms with Gasteiger partial charge >= 0.3 is 11.7 Å². The Bertz CT molecular complexity index is 879. The first-order chi connectivity index (χ1) is 11.3. The SMILES string of the molecule is O=C(O)c1cc(N=Nc2ccc([N+](=O)[O-])cc2[N+](=O)[O-])ccc1[O-]. The maximum atomic E-state index is 11.3. The minimum Gasteiger partial charge on any atom is -0.872 e. The van der Waals surface area contributed by atoms with E-state index in [0.717, 1.165) is 30.3 Å². The molecule has 122 valence electrons. The molecule has 0 aliphatic heterocycles. The van der Waals surface area contributed by atoms with Crippen molar-refractivity contribution in [2.75, 3.05) is 0 Å². The largest absolute Gasteiger partial charge is 0.872 e. The van der Waals surface area contributed by atoms with Crippen LogP contribution in [0.2, 0.25) is 0 Å². The van der Waals surface area contributed by atoms with Crippen LogP contribution in [0.25, 0.3) is 0 Å². The van der Waals surface area contributed by atoms with Crippen molar-refractivity contribution >= 4 is 28.7 Å². The fourth-order valence-corrected chi connectivity index (χ4v) is 1.72. The normalized spacial score (nSPS) is 10.7. The number of non-ortho nitro benzene ring substituents is 1. The summed E-state index contributed by atoms with van der Waals surface area (Å²) >= 11 is 0. The second-order valence-corrected chi connectivity index (χ2v) is 4.37. The lowest BCUT2D eigenvalue weighted by atomic mass is 10.2. The number of carboxylic acids is 1. The third kappa shape index (κ3) is 3.47. The van der Waals surface area contributed by atoms with Crippen LogP contribution in [-0.2, 0) is 0 Å². The molecule has 24 heavy (non-hydrogen) atoms. The molecule has 2 rings (SSSR count). The number of hydrogen-bond donors (Lipinski definition) is 1. The third-order valence-corrected chi connectivity index (χ3v) is 2.83. The van der Waals surface area contributed by atoms with E-state index in [1.807, 2.05) is 0 Å². The number of azo groups is 1. The van der Waals surface area contributed by atoms with Crippen LogP contribution in [0.5, 0.6) is 5.75 Å². The number of benzene rings is 2. The van der Waals surface area contributed by atoms with Crippen LogP contribution >= 0.6 is 0 Å². The Labute approximate surface area is 132 Å². The molecule has 0 spiro atoms. The lowest BCUT2D eigenvalue weighted by Crippen LogP contribution is -2.02. The van der Waals surface area contributed by atoms with Crippen LogP contribution in [0.15, 0.2) is 46.6 Å². The molecule has 0 aliphatic rings. The summed E-state index contributed by atoms with van der Waals surface area (Å²) in [5.41, 5.74) is -1.91. The number of rotatable bonds is 5. The lowest BCUT2D eigenvalue weighted by Gasteiger charge is -2.09. The zero-order valence-corrected chi connectivity index (χ0v) is 11.6. The zero-order chi connectivity index (χ0) is 17.9. The monoisotopic (exact) mass is 331 g/mol. The van der Waals surface area contributed by atoms with E-state index in [4.69, 9.17) is 5.11 Å². The fourth-order valence-electron chi connectivity index (χ4n) is 1.72. The number of nitro groups is 2. The molecule has 2 aromatic rings. The third-order valence-electron chi connectivity index (χ3n) is 2.83. The summed E-state index contributed by atoms with van der Waals surface area (Å²) in [6, 6.07) is 5.92. The number of hydrogen-bond acceptors (Lipinski definition) is 8. The quantitative estimate of drug-likeness (QED) is 0.498. The molecule has 0 bridgehead atoms. The Morgan fingerprint density at radius 2 is 1.71 bits per heavy atom. The molecular formula is C13H7N4O7-. The minimum atomic E-state index is -1.45. The van der Waals surface area contributed by atoms with E-state index in [1.54, 1.807) is 0 Å². The van der Waals surface area contributed by atoms with Gasteiger partial charge in [0.15, 0.2) is 5.69 Å². The highest BCUT2D eigenvalue weighted by Gasteiger charge is 2.19. The van der Waals surface area contributed by atoms with Crippen molar-refractivity contribution in [1.82, 2.24) is 0 Å².